The summed E-state index contributed by atoms with van der Waals surface area (Å²) in [7, 11) is 0. The van der Waals surface area contributed by atoms with Gasteiger partial charge >= 0.3 is 0 Å². The Labute approximate surface area is 76.2 Å². The summed E-state index contributed by atoms with van der Waals surface area (Å²) in [6.45, 7) is 3.44. The van der Waals surface area contributed by atoms with Crippen molar-refractivity contribution in [2.75, 3.05) is 13.2 Å². The molecule has 0 bridgehead atoms. The molecular weight excluding hydrogens is 176 g/mol. The van der Waals surface area contributed by atoms with Gasteiger partial charge in [0.25, 0.3) is 0 Å². The standard InChI is InChI=1S/C8H14O5/c1-7(2)12-5-3-11-6(10)8(5,4-9)13-7/h5-6,9-10H,3-4H2,1-2H3. The molecule has 0 aromatic rings. The third-order valence-electron chi connectivity index (χ3n) is 2.48. The molecule has 2 aliphatic heterocycles. The lowest BCUT2D eigenvalue weighted by Gasteiger charge is -2.27. The third kappa shape index (κ3) is 1.19. The Hall–Kier alpha value is -0.200. The highest BCUT2D eigenvalue weighted by Gasteiger charge is 2.61. The van der Waals surface area contributed by atoms with Gasteiger partial charge in [0, 0.05) is 0 Å². The van der Waals surface area contributed by atoms with Gasteiger partial charge in [0.05, 0.1) is 13.2 Å². The molecule has 13 heavy (non-hydrogen) atoms. The summed E-state index contributed by atoms with van der Waals surface area (Å²) in [6, 6.07) is 0. The molecule has 76 valence electrons. The normalized spacial score (nSPS) is 48.0. The van der Waals surface area contributed by atoms with Crippen LogP contribution in [0.15, 0.2) is 0 Å². The highest BCUT2D eigenvalue weighted by molar-refractivity contribution is 5.02. The van der Waals surface area contributed by atoms with Crippen LogP contribution in [0, 0.1) is 0 Å². The second-order valence-corrected chi connectivity index (χ2v) is 3.91. The largest absolute Gasteiger partial charge is 0.393 e. The van der Waals surface area contributed by atoms with E-state index in [0.717, 1.165) is 0 Å². The Balaban J connectivity index is 2.26. The summed E-state index contributed by atoms with van der Waals surface area (Å²) in [5.41, 5.74) is -1.09. The summed E-state index contributed by atoms with van der Waals surface area (Å²) >= 11 is 0. The van der Waals surface area contributed by atoms with Crippen molar-refractivity contribution in [1.29, 1.82) is 0 Å². The van der Waals surface area contributed by atoms with Gasteiger partial charge in [-0.15, -0.1) is 0 Å². The van der Waals surface area contributed by atoms with E-state index >= 15 is 0 Å². The van der Waals surface area contributed by atoms with E-state index in [4.69, 9.17) is 14.2 Å². The van der Waals surface area contributed by atoms with Crippen molar-refractivity contribution >= 4 is 0 Å². The minimum atomic E-state index is -1.11. The Bertz CT molecular complexity index is 217. The van der Waals surface area contributed by atoms with Crippen molar-refractivity contribution in [3.63, 3.8) is 0 Å². The summed E-state index contributed by atoms with van der Waals surface area (Å²) in [6.07, 6.45) is -1.49. The highest BCUT2D eigenvalue weighted by Crippen LogP contribution is 2.42. The van der Waals surface area contributed by atoms with Crippen molar-refractivity contribution in [3.05, 3.63) is 0 Å². The molecule has 2 fully saturated rings. The molecule has 2 aliphatic rings. The molecule has 2 N–H and O–H groups in total. The third-order valence-corrected chi connectivity index (χ3v) is 2.48. The van der Waals surface area contributed by atoms with Crippen molar-refractivity contribution in [2.45, 2.75) is 37.6 Å². The van der Waals surface area contributed by atoms with Gasteiger partial charge in [-0.05, 0) is 13.8 Å². The predicted octanol–water partition coefficient (Wildman–Crippen LogP) is -0.782. The lowest BCUT2D eigenvalue weighted by Crippen LogP contribution is -2.49. The summed E-state index contributed by atoms with van der Waals surface area (Å²) in [4.78, 5) is 0. The van der Waals surface area contributed by atoms with Crippen LogP contribution in [0.3, 0.4) is 0 Å². The molecule has 3 atom stereocenters. The molecule has 0 saturated carbocycles. The van der Waals surface area contributed by atoms with Gasteiger partial charge in [-0.3, -0.25) is 0 Å². The molecule has 2 saturated heterocycles. The van der Waals surface area contributed by atoms with Gasteiger partial charge < -0.3 is 24.4 Å². The summed E-state index contributed by atoms with van der Waals surface area (Å²) in [5, 5.41) is 18.7. The van der Waals surface area contributed by atoms with Gasteiger partial charge in [-0.25, -0.2) is 0 Å². The molecule has 5 heteroatoms. The minimum absolute atomic E-state index is 0.255. The topological polar surface area (TPSA) is 68.2 Å². The predicted molar refractivity (Wildman–Crippen MR) is 41.8 cm³/mol. The number of ether oxygens (including phenoxy) is 3. The van der Waals surface area contributed by atoms with E-state index in [1.54, 1.807) is 13.8 Å². The summed E-state index contributed by atoms with van der Waals surface area (Å²) < 4.78 is 15.9. The van der Waals surface area contributed by atoms with Crippen molar-refractivity contribution in [3.8, 4) is 0 Å². The van der Waals surface area contributed by atoms with E-state index in [0.29, 0.717) is 0 Å². The smallest absolute Gasteiger partial charge is 0.189 e. The van der Waals surface area contributed by atoms with E-state index in [2.05, 4.69) is 0 Å². The van der Waals surface area contributed by atoms with Crippen molar-refractivity contribution in [2.24, 2.45) is 0 Å². The molecule has 0 spiro atoms. The molecule has 0 amide bonds. The molecule has 2 heterocycles. The SMILES string of the molecule is CC1(C)OC2COC(O)C2(CO)O1. The molecule has 3 unspecified atom stereocenters. The number of aliphatic hydroxyl groups is 2. The van der Waals surface area contributed by atoms with E-state index in [1.165, 1.54) is 0 Å². The van der Waals surface area contributed by atoms with Crippen LogP contribution in [-0.2, 0) is 14.2 Å². The van der Waals surface area contributed by atoms with Crippen molar-refractivity contribution < 1.29 is 24.4 Å². The van der Waals surface area contributed by atoms with Crippen LogP contribution in [0.4, 0.5) is 0 Å². The number of fused-ring (bicyclic) bond motifs is 1. The van der Waals surface area contributed by atoms with Crippen LogP contribution in [0.25, 0.3) is 0 Å². The van der Waals surface area contributed by atoms with E-state index in [-0.39, 0.29) is 19.3 Å². The van der Waals surface area contributed by atoms with Crippen LogP contribution >= 0.6 is 0 Å². The van der Waals surface area contributed by atoms with Crippen LogP contribution in [0.2, 0.25) is 0 Å². The van der Waals surface area contributed by atoms with Crippen LogP contribution < -0.4 is 0 Å². The van der Waals surface area contributed by atoms with Crippen LogP contribution in [-0.4, -0.2) is 47.2 Å². The Morgan fingerprint density at radius 2 is 2.15 bits per heavy atom. The van der Waals surface area contributed by atoms with E-state index in [9.17, 15) is 10.2 Å². The second kappa shape index (κ2) is 2.65. The average Bonchev–Trinajstić information content (AvgIpc) is 2.46. The second-order valence-electron chi connectivity index (χ2n) is 3.91. The van der Waals surface area contributed by atoms with Crippen LogP contribution in [0.1, 0.15) is 13.8 Å². The molecule has 0 radical (unpaired) electrons. The maximum absolute atomic E-state index is 9.49. The minimum Gasteiger partial charge on any atom is -0.393 e. The lowest BCUT2D eigenvalue weighted by atomic mass is 10.0. The monoisotopic (exact) mass is 190 g/mol. The first-order chi connectivity index (χ1) is 6.00. The Kier molecular flexibility index (Phi) is 1.91. The zero-order chi connectivity index (χ0) is 9.69. The lowest BCUT2D eigenvalue weighted by molar-refractivity contribution is -0.243. The first-order valence-electron chi connectivity index (χ1n) is 4.29. The fraction of sp³-hybridized carbons (Fsp3) is 1.00. The maximum atomic E-state index is 9.49. The van der Waals surface area contributed by atoms with Gasteiger partial charge in [-0.2, -0.15) is 0 Å². The molecule has 0 aromatic heterocycles. The van der Waals surface area contributed by atoms with E-state index < -0.39 is 17.7 Å². The van der Waals surface area contributed by atoms with Gasteiger partial charge in [0.2, 0.25) is 0 Å². The number of aliphatic hydroxyl groups excluding tert-OH is 2. The highest BCUT2D eigenvalue weighted by atomic mass is 16.8. The number of hydrogen-bond acceptors (Lipinski definition) is 5. The molecule has 0 aromatic carbocycles. The van der Waals surface area contributed by atoms with Gasteiger partial charge in [0.1, 0.15) is 6.10 Å². The molecule has 5 nitrogen and oxygen atoms in total. The number of rotatable bonds is 1. The zero-order valence-corrected chi connectivity index (χ0v) is 7.69. The van der Waals surface area contributed by atoms with Crippen LogP contribution in [0.5, 0.6) is 0 Å². The summed E-state index contributed by atoms with van der Waals surface area (Å²) in [5.74, 6) is -0.766. The Morgan fingerprint density at radius 3 is 2.69 bits per heavy atom. The van der Waals surface area contributed by atoms with Crippen molar-refractivity contribution in [1.82, 2.24) is 0 Å². The van der Waals surface area contributed by atoms with Gasteiger partial charge in [0.15, 0.2) is 17.7 Å². The first kappa shape index (κ1) is 9.36. The first-order valence-corrected chi connectivity index (χ1v) is 4.29. The molecule has 0 aliphatic carbocycles. The fourth-order valence-electron chi connectivity index (χ4n) is 1.91. The average molecular weight is 190 g/mol. The van der Waals surface area contributed by atoms with Gasteiger partial charge in [-0.1, -0.05) is 0 Å². The maximum Gasteiger partial charge on any atom is 0.189 e. The Morgan fingerprint density at radius 1 is 1.46 bits per heavy atom. The zero-order valence-electron chi connectivity index (χ0n) is 7.69. The molecule has 2 rings (SSSR count). The quantitative estimate of drug-likeness (QED) is 0.567. The molecular formula is C8H14O5. The van der Waals surface area contributed by atoms with E-state index in [1.807, 2.05) is 0 Å². The number of hydrogen-bond donors (Lipinski definition) is 2. The fourth-order valence-corrected chi connectivity index (χ4v) is 1.91.